The molecule has 0 aliphatic carbocycles. The highest BCUT2D eigenvalue weighted by molar-refractivity contribution is 7.90. The highest BCUT2D eigenvalue weighted by Gasteiger charge is 2.33. The van der Waals surface area contributed by atoms with Crippen LogP contribution in [0.1, 0.15) is 18.4 Å². The Bertz CT molecular complexity index is 652. The number of hydrogen-bond acceptors (Lipinski definition) is 4. The van der Waals surface area contributed by atoms with Gasteiger partial charge < -0.3 is 9.69 Å². The Balaban J connectivity index is 2.00. The third-order valence-electron chi connectivity index (χ3n) is 3.56. The van der Waals surface area contributed by atoms with Crippen LogP contribution in [0, 0.1) is 5.92 Å². The average molecular weight is 278 g/mol. The van der Waals surface area contributed by atoms with E-state index in [9.17, 15) is 13.2 Å². The number of likely N-dealkylation sites (tertiary alicyclic amines) is 1. The Morgan fingerprint density at radius 3 is 2.89 bits per heavy atom. The first-order valence-corrected chi connectivity index (χ1v) is 7.70. The van der Waals surface area contributed by atoms with E-state index in [1.807, 2.05) is 4.90 Å². The number of benzene rings is 1. The molecule has 0 radical (unpaired) electrons. The molecular weight excluding hydrogens is 264 g/mol. The van der Waals surface area contributed by atoms with E-state index < -0.39 is 10.0 Å². The molecule has 0 saturated carbocycles. The van der Waals surface area contributed by atoms with E-state index in [1.54, 1.807) is 24.3 Å². The summed E-state index contributed by atoms with van der Waals surface area (Å²) in [4.78, 5) is 13.1. The van der Waals surface area contributed by atoms with E-state index in [0.29, 0.717) is 17.9 Å². The van der Waals surface area contributed by atoms with Crippen molar-refractivity contribution in [1.29, 1.82) is 0 Å². The van der Waals surface area contributed by atoms with Gasteiger partial charge in [0.1, 0.15) is 11.2 Å². The molecule has 100 valence electrons. The number of rotatable bonds is 1. The lowest BCUT2D eigenvalue weighted by Crippen LogP contribution is -2.40. The van der Waals surface area contributed by atoms with Gasteiger partial charge in [0.25, 0.3) is 10.0 Å². The average Bonchev–Trinajstić information content (AvgIpc) is 2.72. The lowest BCUT2D eigenvalue weighted by molar-refractivity contribution is -0.112. The van der Waals surface area contributed by atoms with Crippen LogP contribution in [-0.2, 0) is 14.8 Å². The minimum atomic E-state index is -3.57. The zero-order valence-corrected chi connectivity index (χ0v) is 11.1. The lowest BCUT2D eigenvalue weighted by Gasteiger charge is -2.31. The first-order chi connectivity index (χ1) is 9.12. The van der Waals surface area contributed by atoms with Gasteiger partial charge in [-0.1, -0.05) is 12.1 Å². The number of hydrogen-bond donors (Lipinski definition) is 0. The number of carbonyl (C=O) groups excluding carboxylic acids is 1. The van der Waals surface area contributed by atoms with Crippen LogP contribution in [-0.4, -0.2) is 38.5 Å². The van der Waals surface area contributed by atoms with Crippen molar-refractivity contribution >= 4 is 22.1 Å². The first-order valence-electron chi connectivity index (χ1n) is 6.26. The molecule has 1 aromatic rings. The van der Waals surface area contributed by atoms with E-state index in [1.165, 1.54) is 0 Å². The number of sulfonamides is 1. The molecule has 6 heteroatoms. The predicted molar refractivity (Wildman–Crippen MR) is 70.5 cm³/mol. The smallest absolute Gasteiger partial charge is 0.285 e. The maximum absolute atomic E-state index is 12.0. The molecular formula is C13H14N2O3S. The molecule has 2 heterocycles. The molecule has 3 rings (SSSR count). The molecule has 0 N–H and O–H groups in total. The molecule has 1 aromatic carbocycles. The topological polar surface area (TPSA) is 66.8 Å². The fourth-order valence-corrected chi connectivity index (χ4v) is 3.86. The van der Waals surface area contributed by atoms with Crippen molar-refractivity contribution in [2.75, 3.05) is 13.1 Å². The number of piperidine rings is 1. The fourth-order valence-electron chi connectivity index (χ4n) is 2.63. The van der Waals surface area contributed by atoms with E-state index in [0.717, 1.165) is 25.7 Å². The van der Waals surface area contributed by atoms with Gasteiger partial charge in [0, 0.05) is 24.6 Å². The molecule has 2 aliphatic heterocycles. The molecule has 1 fully saturated rings. The van der Waals surface area contributed by atoms with Gasteiger partial charge in [0.05, 0.1) is 0 Å². The number of aldehydes is 1. The Hall–Kier alpha value is -1.69. The number of carbonyl (C=O) groups is 1. The van der Waals surface area contributed by atoms with E-state index in [2.05, 4.69) is 4.40 Å². The van der Waals surface area contributed by atoms with E-state index in [4.69, 9.17) is 0 Å². The standard InChI is InChI=1S/C13H14N2O3S/c16-9-10-4-3-7-15(8-10)13-11-5-1-2-6-12(11)19(17,18)14-13/h1-2,5-6,9-10H,3-4,7-8H2. The highest BCUT2D eigenvalue weighted by Crippen LogP contribution is 2.29. The van der Waals surface area contributed by atoms with Crippen molar-refractivity contribution in [3.8, 4) is 0 Å². The fraction of sp³-hybridized carbons (Fsp3) is 0.385. The third kappa shape index (κ3) is 2.06. The summed E-state index contributed by atoms with van der Waals surface area (Å²) in [6, 6.07) is 6.83. The molecule has 5 nitrogen and oxygen atoms in total. The van der Waals surface area contributed by atoms with Gasteiger partial charge in [-0.15, -0.1) is 4.40 Å². The van der Waals surface area contributed by atoms with Gasteiger partial charge in [-0.2, -0.15) is 8.42 Å². The third-order valence-corrected chi connectivity index (χ3v) is 4.89. The van der Waals surface area contributed by atoms with Crippen LogP contribution in [0.5, 0.6) is 0 Å². The molecule has 0 spiro atoms. The second-order valence-corrected chi connectivity index (χ2v) is 6.44. The van der Waals surface area contributed by atoms with Crippen molar-refractivity contribution in [1.82, 2.24) is 4.90 Å². The Kier molecular flexibility index (Phi) is 2.89. The van der Waals surface area contributed by atoms with Crippen molar-refractivity contribution in [3.63, 3.8) is 0 Å². The summed E-state index contributed by atoms with van der Waals surface area (Å²) in [5, 5.41) is 0. The van der Waals surface area contributed by atoms with Crippen LogP contribution in [0.4, 0.5) is 0 Å². The van der Waals surface area contributed by atoms with Crippen LogP contribution < -0.4 is 0 Å². The molecule has 1 saturated heterocycles. The van der Waals surface area contributed by atoms with Crippen molar-refractivity contribution < 1.29 is 13.2 Å². The highest BCUT2D eigenvalue weighted by atomic mass is 32.2. The molecule has 2 aliphatic rings. The van der Waals surface area contributed by atoms with E-state index >= 15 is 0 Å². The number of fused-ring (bicyclic) bond motifs is 1. The molecule has 0 aromatic heterocycles. The second-order valence-electron chi connectivity index (χ2n) is 4.87. The summed E-state index contributed by atoms with van der Waals surface area (Å²) < 4.78 is 27.8. The van der Waals surface area contributed by atoms with Gasteiger partial charge in [0.2, 0.25) is 0 Å². The molecule has 0 bridgehead atoms. The summed E-state index contributed by atoms with van der Waals surface area (Å²) in [6.45, 7) is 1.29. The minimum Gasteiger partial charge on any atom is -0.355 e. The summed E-state index contributed by atoms with van der Waals surface area (Å²) >= 11 is 0. The van der Waals surface area contributed by atoms with Crippen LogP contribution in [0.25, 0.3) is 0 Å². The Morgan fingerprint density at radius 2 is 2.11 bits per heavy atom. The Labute approximate surface area is 112 Å². The Morgan fingerprint density at radius 1 is 1.32 bits per heavy atom. The van der Waals surface area contributed by atoms with Crippen LogP contribution in [0.15, 0.2) is 33.6 Å². The van der Waals surface area contributed by atoms with Gasteiger partial charge >= 0.3 is 0 Å². The zero-order chi connectivity index (χ0) is 13.5. The van der Waals surface area contributed by atoms with Crippen LogP contribution in [0.3, 0.4) is 0 Å². The summed E-state index contributed by atoms with van der Waals surface area (Å²) in [5.41, 5.74) is 0.647. The van der Waals surface area contributed by atoms with Crippen LogP contribution >= 0.6 is 0 Å². The second kappa shape index (κ2) is 4.45. The van der Waals surface area contributed by atoms with Crippen molar-refractivity contribution in [2.45, 2.75) is 17.7 Å². The lowest BCUT2D eigenvalue weighted by atomic mass is 9.99. The maximum atomic E-state index is 12.0. The largest absolute Gasteiger partial charge is 0.355 e. The number of amidine groups is 1. The van der Waals surface area contributed by atoms with Crippen LogP contribution in [0.2, 0.25) is 0 Å². The quantitative estimate of drug-likeness (QED) is 0.720. The van der Waals surface area contributed by atoms with Crippen molar-refractivity contribution in [3.05, 3.63) is 29.8 Å². The summed E-state index contributed by atoms with van der Waals surface area (Å²) in [6.07, 6.45) is 2.69. The van der Waals surface area contributed by atoms with Crippen molar-refractivity contribution in [2.24, 2.45) is 10.3 Å². The molecule has 19 heavy (non-hydrogen) atoms. The SMILES string of the molecule is O=CC1CCCN(C2=NS(=O)(=O)c3ccccc32)C1. The normalized spacial score (nSPS) is 24.7. The first kappa shape index (κ1) is 12.3. The molecule has 0 amide bonds. The van der Waals surface area contributed by atoms with Gasteiger partial charge in [0.15, 0.2) is 5.84 Å². The zero-order valence-electron chi connectivity index (χ0n) is 10.3. The minimum absolute atomic E-state index is 0.0353. The maximum Gasteiger partial charge on any atom is 0.285 e. The number of nitrogens with zero attached hydrogens (tertiary/aromatic N) is 2. The molecule has 1 unspecified atom stereocenters. The summed E-state index contributed by atoms with van der Waals surface area (Å²) in [5.74, 6) is 0.453. The monoisotopic (exact) mass is 278 g/mol. The van der Waals surface area contributed by atoms with Gasteiger partial charge in [-0.3, -0.25) is 0 Å². The van der Waals surface area contributed by atoms with Gasteiger partial charge in [-0.05, 0) is 25.0 Å². The predicted octanol–water partition coefficient (Wildman–Crippen LogP) is 1.05. The van der Waals surface area contributed by atoms with Gasteiger partial charge in [-0.25, -0.2) is 0 Å². The van der Waals surface area contributed by atoms with E-state index in [-0.39, 0.29) is 10.8 Å². The summed E-state index contributed by atoms with van der Waals surface area (Å²) in [7, 11) is -3.57. The molecule has 1 atom stereocenters.